The van der Waals surface area contributed by atoms with Crippen LogP contribution in [0.3, 0.4) is 0 Å². The van der Waals surface area contributed by atoms with Crippen molar-refractivity contribution in [1.29, 1.82) is 0 Å². The summed E-state index contributed by atoms with van der Waals surface area (Å²) in [5.41, 5.74) is 2.78. The molecule has 1 N–H and O–H groups in total. The highest BCUT2D eigenvalue weighted by atomic mass is 16.3. The van der Waals surface area contributed by atoms with Gasteiger partial charge in [0.1, 0.15) is 5.75 Å². The van der Waals surface area contributed by atoms with Crippen molar-refractivity contribution in [1.82, 2.24) is 0 Å². The van der Waals surface area contributed by atoms with Gasteiger partial charge in [-0.1, -0.05) is 38.5 Å². The predicted octanol–water partition coefficient (Wildman–Crippen LogP) is 5.70. The van der Waals surface area contributed by atoms with E-state index >= 15 is 0 Å². The van der Waals surface area contributed by atoms with E-state index in [9.17, 15) is 5.11 Å². The van der Waals surface area contributed by atoms with Gasteiger partial charge >= 0.3 is 0 Å². The second kappa shape index (κ2) is 9.89. The number of benzene rings is 1. The highest BCUT2D eigenvalue weighted by Crippen LogP contribution is 2.26. The van der Waals surface area contributed by atoms with Crippen LogP contribution in [0.1, 0.15) is 80.9 Å². The second-order valence-electron chi connectivity index (χ2n) is 8.29. The molecule has 0 aromatic heterocycles. The fraction of sp³-hybridized carbons (Fsp3) is 0.652. The minimum absolute atomic E-state index is 0.315. The van der Waals surface area contributed by atoms with Gasteiger partial charge in [0.25, 0.3) is 0 Å². The minimum Gasteiger partial charge on any atom is -0.507 e. The van der Waals surface area contributed by atoms with Gasteiger partial charge in [-0.15, -0.1) is 0 Å². The molecule has 0 bridgehead atoms. The van der Waals surface area contributed by atoms with Gasteiger partial charge in [-0.3, -0.25) is 9.98 Å². The summed E-state index contributed by atoms with van der Waals surface area (Å²) in [7, 11) is 0. The molecular formula is C23H34N2O. The molecule has 142 valence electrons. The third-order valence-electron chi connectivity index (χ3n) is 5.95. The van der Waals surface area contributed by atoms with E-state index < -0.39 is 0 Å². The maximum atomic E-state index is 10.6. The van der Waals surface area contributed by atoms with Crippen molar-refractivity contribution in [3.05, 3.63) is 28.8 Å². The summed E-state index contributed by atoms with van der Waals surface area (Å²) in [6.45, 7) is 3.84. The summed E-state index contributed by atoms with van der Waals surface area (Å²) in [6, 6.07) is 4.02. The van der Waals surface area contributed by atoms with Crippen LogP contribution in [0.15, 0.2) is 22.1 Å². The molecule has 1 aromatic rings. The van der Waals surface area contributed by atoms with E-state index in [1.807, 2.05) is 24.6 Å². The Bertz CT molecular complexity index is 572. The molecule has 26 heavy (non-hydrogen) atoms. The zero-order valence-electron chi connectivity index (χ0n) is 16.3. The molecule has 3 rings (SSSR count). The first-order valence-corrected chi connectivity index (χ1v) is 10.6. The van der Waals surface area contributed by atoms with E-state index in [-0.39, 0.29) is 0 Å². The molecule has 2 saturated carbocycles. The van der Waals surface area contributed by atoms with Crippen LogP contribution in [0.5, 0.6) is 5.75 Å². The highest BCUT2D eigenvalue weighted by molar-refractivity contribution is 5.92. The molecule has 2 aliphatic carbocycles. The van der Waals surface area contributed by atoms with Gasteiger partial charge < -0.3 is 5.11 Å². The minimum atomic E-state index is 0.315. The first kappa shape index (κ1) is 19.1. The quantitative estimate of drug-likeness (QED) is 0.654. The third-order valence-corrected chi connectivity index (χ3v) is 5.95. The van der Waals surface area contributed by atoms with Crippen molar-refractivity contribution in [2.24, 2.45) is 21.8 Å². The van der Waals surface area contributed by atoms with Crippen molar-refractivity contribution < 1.29 is 5.11 Å². The maximum Gasteiger partial charge on any atom is 0.133 e. The molecular weight excluding hydrogens is 320 g/mol. The summed E-state index contributed by atoms with van der Waals surface area (Å²) in [5, 5.41) is 10.6. The molecule has 0 saturated heterocycles. The van der Waals surface area contributed by atoms with Crippen molar-refractivity contribution in [2.45, 2.75) is 71.1 Å². The number of hydrogen-bond acceptors (Lipinski definition) is 3. The fourth-order valence-corrected chi connectivity index (χ4v) is 4.37. The molecule has 3 heteroatoms. The summed E-state index contributed by atoms with van der Waals surface area (Å²) in [4.78, 5) is 9.27. The molecule has 1 aromatic carbocycles. The number of phenols is 1. The first-order valence-electron chi connectivity index (χ1n) is 10.6. The van der Waals surface area contributed by atoms with Crippen LogP contribution in [-0.2, 0) is 0 Å². The number of nitrogens with zero attached hydrogens (tertiary/aromatic N) is 2. The van der Waals surface area contributed by atoms with E-state index in [2.05, 4.69) is 16.9 Å². The molecule has 0 radical (unpaired) electrons. The molecule has 0 unspecified atom stereocenters. The smallest absolute Gasteiger partial charge is 0.133 e. The van der Waals surface area contributed by atoms with Crippen molar-refractivity contribution in [3.63, 3.8) is 0 Å². The Labute approximate surface area is 158 Å². The molecule has 0 spiro atoms. The number of aromatic hydroxyl groups is 1. The predicted molar refractivity (Wildman–Crippen MR) is 111 cm³/mol. The van der Waals surface area contributed by atoms with E-state index in [1.165, 1.54) is 64.2 Å². The second-order valence-corrected chi connectivity index (χ2v) is 8.29. The number of hydrogen-bond donors (Lipinski definition) is 1. The first-order chi connectivity index (χ1) is 12.7. The summed E-state index contributed by atoms with van der Waals surface area (Å²) >= 11 is 0. The highest BCUT2D eigenvalue weighted by Gasteiger charge is 2.13. The summed E-state index contributed by atoms with van der Waals surface area (Å²) < 4.78 is 0. The van der Waals surface area contributed by atoms with Crippen molar-refractivity contribution in [3.8, 4) is 5.75 Å². The Balaban J connectivity index is 1.61. The van der Waals surface area contributed by atoms with Gasteiger partial charge in [0.15, 0.2) is 0 Å². The maximum absolute atomic E-state index is 10.6. The van der Waals surface area contributed by atoms with Gasteiger partial charge in [-0.2, -0.15) is 0 Å². The third kappa shape index (κ3) is 5.69. The van der Waals surface area contributed by atoms with E-state index in [0.717, 1.165) is 41.6 Å². The molecule has 3 nitrogen and oxygen atoms in total. The lowest BCUT2D eigenvalue weighted by atomic mass is 9.89. The Morgan fingerprint density at radius 3 is 1.65 bits per heavy atom. The van der Waals surface area contributed by atoms with Crippen LogP contribution >= 0.6 is 0 Å². The van der Waals surface area contributed by atoms with Crippen LogP contribution < -0.4 is 0 Å². The largest absolute Gasteiger partial charge is 0.507 e. The molecule has 0 atom stereocenters. The van der Waals surface area contributed by atoms with Crippen LogP contribution in [0, 0.1) is 18.8 Å². The zero-order chi connectivity index (χ0) is 18.2. The van der Waals surface area contributed by atoms with E-state index in [4.69, 9.17) is 0 Å². The Hall–Kier alpha value is -1.64. The summed E-state index contributed by atoms with van der Waals surface area (Å²) in [6.07, 6.45) is 17.1. The van der Waals surface area contributed by atoms with Gasteiger partial charge in [0, 0.05) is 36.6 Å². The van der Waals surface area contributed by atoms with Crippen molar-refractivity contribution in [2.75, 3.05) is 13.1 Å². The molecule has 2 fully saturated rings. The average Bonchev–Trinajstić information content (AvgIpc) is 2.67. The Kier molecular flexibility index (Phi) is 7.28. The summed E-state index contributed by atoms with van der Waals surface area (Å²) in [5.74, 6) is 1.77. The Morgan fingerprint density at radius 1 is 0.808 bits per heavy atom. The lowest BCUT2D eigenvalue weighted by Crippen LogP contribution is -2.09. The van der Waals surface area contributed by atoms with Crippen LogP contribution in [0.2, 0.25) is 0 Å². The van der Waals surface area contributed by atoms with Gasteiger partial charge in [0.2, 0.25) is 0 Å². The van der Waals surface area contributed by atoms with Crippen LogP contribution in [0.25, 0.3) is 0 Å². The lowest BCUT2D eigenvalue weighted by Gasteiger charge is -2.19. The van der Waals surface area contributed by atoms with Gasteiger partial charge in [-0.05, 0) is 62.1 Å². The van der Waals surface area contributed by atoms with Crippen LogP contribution in [-0.4, -0.2) is 30.6 Å². The fourth-order valence-electron chi connectivity index (χ4n) is 4.37. The normalized spacial score (nSPS) is 20.3. The standard InChI is InChI=1S/C23H34N2O/c1-18-12-21(16-24-14-19-8-4-2-5-9-19)23(26)22(13-18)17-25-15-20-10-6-3-7-11-20/h12-13,16-17,19-20,26H,2-11,14-15H2,1H3. The number of aryl methyl sites for hydroxylation is 1. The van der Waals surface area contributed by atoms with E-state index in [1.54, 1.807) is 0 Å². The topological polar surface area (TPSA) is 45.0 Å². The Morgan fingerprint density at radius 2 is 1.23 bits per heavy atom. The van der Waals surface area contributed by atoms with Crippen LogP contribution in [0.4, 0.5) is 0 Å². The molecule has 0 aliphatic heterocycles. The van der Waals surface area contributed by atoms with E-state index in [0.29, 0.717) is 5.75 Å². The lowest BCUT2D eigenvalue weighted by molar-refractivity contribution is 0.367. The molecule has 0 heterocycles. The number of rotatable bonds is 6. The number of aliphatic imine (C=N–C) groups is 2. The SMILES string of the molecule is Cc1cc(C=NCC2CCCCC2)c(O)c(C=NCC2CCCCC2)c1. The average molecular weight is 355 g/mol. The van der Waals surface area contributed by atoms with Crippen molar-refractivity contribution >= 4 is 12.4 Å². The molecule has 0 amide bonds. The van der Waals surface area contributed by atoms with Gasteiger partial charge in [0.05, 0.1) is 0 Å². The molecule has 2 aliphatic rings. The number of phenolic OH excluding ortho intramolecular Hbond substituents is 1. The zero-order valence-corrected chi connectivity index (χ0v) is 16.3. The van der Waals surface area contributed by atoms with Gasteiger partial charge in [-0.25, -0.2) is 0 Å². The monoisotopic (exact) mass is 354 g/mol.